The standard InChI is InChI=1S/C15H11ClN2O4/c16-11-10(22-7-1-2-7)4-3-8-12-9(5-21-14(8)11)13(15(19)20)18-6-17-12/h3-4,6-7H,1-2,5H2,(H,19,20). The van der Waals surface area contributed by atoms with Gasteiger partial charge in [-0.1, -0.05) is 11.6 Å². The number of aromatic carboxylic acids is 1. The molecule has 112 valence electrons. The van der Waals surface area contributed by atoms with E-state index in [9.17, 15) is 9.90 Å². The lowest BCUT2D eigenvalue weighted by molar-refractivity contribution is 0.0686. The summed E-state index contributed by atoms with van der Waals surface area (Å²) in [4.78, 5) is 19.2. The zero-order valence-corrected chi connectivity index (χ0v) is 12.1. The lowest BCUT2D eigenvalue weighted by Crippen LogP contribution is -2.15. The van der Waals surface area contributed by atoms with Crippen molar-refractivity contribution < 1.29 is 19.4 Å². The zero-order chi connectivity index (χ0) is 15.3. The van der Waals surface area contributed by atoms with Gasteiger partial charge in [-0.15, -0.1) is 0 Å². The fourth-order valence-electron chi connectivity index (χ4n) is 2.43. The Morgan fingerprint density at radius 1 is 1.36 bits per heavy atom. The van der Waals surface area contributed by atoms with Gasteiger partial charge in [0.05, 0.1) is 11.8 Å². The van der Waals surface area contributed by atoms with Crippen LogP contribution in [0.5, 0.6) is 11.5 Å². The van der Waals surface area contributed by atoms with Crippen LogP contribution in [0.3, 0.4) is 0 Å². The number of fused-ring (bicyclic) bond motifs is 3. The number of aromatic nitrogens is 2. The summed E-state index contributed by atoms with van der Waals surface area (Å²) in [5.74, 6) is -0.0493. The van der Waals surface area contributed by atoms with E-state index < -0.39 is 5.97 Å². The molecule has 6 nitrogen and oxygen atoms in total. The van der Waals surface area contributed by atoms with E-state index in [0.29, 0.717) is 33.3 Å². The van der Waals surface area contributed by atoms with E-state index >= 15 is 0 Å². The Labute approximate surface area is 130 Å². The maximum absolute atomic E-state index is 11.2. The molecule has 1 saturated carbocycles. The van der Waals surface area contributed by atoms with Crippen molar-refractivity contribution in [3.63, 3.8) is 0 Å². The van der Waals surface area contributed by atoms with E-state index in [2.05, 4.69) is 9.97 Å². The second kappa shape index (κ2) is 4.84. The number of carboxylic acid groups (broad SMARTS) is 1. The summed E-state index contributed by atoms with van der Waals surface area (Å²) in [5, 5.41) is 9.60. The number of halogens is 1. The highest BCUT2D eigenvalue weighted by Crippen LogP contribution is 2.46. The van der Waals surface area contributed by atoms with Crippen molar-refractivity contribution in [1.29, 1.82) is 0 Å². The van der Waals surface area contributed by atoms with Gasteiger partial charge < -0.3 is 14.6 Å². The molecule has 1 N–H and O–H groups in total. The van der Waals surface area contributed by atoms with Crippen LogP contribution in [0.1, 0.15) is 28.9 Å². The summed E-state index contributed by atoms with van der Waals surface area (Å²) in [7, 11) is 0. The van der Waals surface area contributed by atoms with Crippen LogP contribution in [0.4, 0.5) is 0 Å². The maximum Gasteiger partial charge on any atom is 0.355 e. The van der Waals surface area contributed by atoms with Gasteiger partial charge in [-0.25, -0.2) is 14.8 Å². The predicted octanol–water partition coefficient (Wildman–Crippen LogP) is 2.93. The number of benzene rings is 1. The molecule has 0 radical (unpaired) electrons. The fraction of sp³-hybridized carbons (Fsp3) is 0.267. The molecule has 7 heteroatoms. The Morgan fingerprint density at radius 2 is 2.18 bits per heavy atom. The molecule has 0 atom stereocenters. The lowest BCUT2D eigenvalue weighted by atomic mass is 10.0. The first-order valence-electron chi connectivity index (χ1n) is 6.84. The molecule has 0 spiro atoms. The van der Waals surface area contributed by atoms with E-state index in [1.54, 1.807) is 12.1 Å². The Kier molecular flexibility index (Phi) is 2.94. The Bertz CT molecular complexity index is 789. The largest absolute Gasteiger partial charge is 0.489 e. The van der Waals surface area contributed by atoms with Gasteiger partial charge in [-0.3, -0.25) is 0 Å². The first-order chi connectivity index (χ1) is 10.6. The van der Waals surface area contributed by atoms with Crippen LogP contribution < -0.4 is 9.47 Å². The normalized spacial score (nSPS) is 15.5. The van der Waals surface area contributed by atoms with Crippen LogP contribution in [0, 0.1) is 0 Å². The van der Waals surface area contributed by atoms with E-state index in [0.717, 1.165) is 12.8 Å². The minimum absolute atomic E-state index is 0.0509. The number of hydrogen-bond donors (Lipinski definition) is 1. The Morgan fingerprint density at radius 3 is 2.91 bits per heavy atom. The second-order valence-corrected chi connectivity index (χ2v) is 5.59. The predicted molar refractivity (Wildman–Crippen MR) is 77.4 cm³/mol. The number of carbonyl (C=O) groups is 1. The monoisotopic (exact) mass is 318 g/mol. The van der Waals surface area contributed by atoms with Crippen LogP contribution >= 0.6 is 11.6 Å². The highest BCUT2D eigenvalue weighted by atomic mass is 35.5. The molecule has 0 unspecified atom stereocenters. The third-order valence-corrected chi connectivity index (χ3v) is 4.00. The van der Waals surface area contributed by atoms with Gasteiger partial charge in [0, 0.05) is 11.1 Å². The number of rotatable bonds is 3. The van der Waals surface area contributed by atoms with Crippen molar-refractivity contribution >= 4 is 17.6 Å². The smallest absolute Gasteiger partial charge is 0.355 e. The number of carboxylic acids is 1. The number of hydrogen-bond acceptors (Lipinski definition) is 5. The molecule has 1 aromatic carbocycles. The molecule has 1 fully saturated rings. The molecule has 2 heterocycles. The molecule has 1 aliphatic heterocycles. The van der Waals surface area contributed by atoms with Crippen molar-refractivity contribution in [2.75, 3.05) is 0 Å². The van der Waals surface area contributed by atoms with Crippen molar-refractivity contribution in [1.82, 2.24) is 9.97 Å². The van der Waals surface area contributed by atoms with E-state index in [-0.39, 0.29) is 18.4 Å². The van der Waals surface area contributed by atoms with Crippen molar-refractivity contribution in [2.24, 2.45) is 0 Å². The SMILES string of the molecule is O=C(O)c1ncnc2c1COc1c-2ccc(OC2CC2)c1Cl. The van der Waals surface area contributed by atoms with E-state index in [1.165, 1.54) is 6.33 Å². The Hall–Kier alpha value is -2.34. The first kappa shape index (κ1) is 13.3. The van der Waals surface area contributed by atoms with Crippen LogP contribution in [-0.4, -0.2) is 27.1 Å². The topological polar surface area (TPSA) is 81.5 Å². The lowest BCUT2D eigenvalue weighted by Gasteiger charge is -2.22. The third kappa shape index (κ3) is 2.07. The summed E-state index contributed by atoms with van der Waals surface area (Å²) < 4.78 is 11.4. The van der Waals surface area contributed by atoms with E-state index in [1.807, 2.05) is 0 Å². The maximum atomic E-state index is 11.2. The van der Waals surface area contributed by atoms with Gasteiger partial charge >= 0.3 is 5.97 Å². The van der Waals surface area contributed by atoms with Gasteiger partial charge in [-0.05, 0) is 25.0 Å². The molecule has 22 heavy (non-hydrogen) atoms. The summed E-state index contributed by atoms with van der Waals surface area (Å²) in [6, 6.07) is 3.55. The quantitative estimate of drug-likeness (QED) is 0.937. The fourth-order valence-corrected chi connectivity index (χ4v) is 2.70. The average Bonchev–Trinajstić information content (AvgIpc) is 3.33. The van der Waals surface area contributed by atoms with Crippen LogP contribution in [0.15, 0.2) is 18.5 Å². The highest BCUT2D eigenvalue weighted by Gasteiger charge is 2.30. The van der Waals surface area contributed by atoms with Gasteiger partial charge in [0.25, 0.3) is 0 Å². The molecule has 0 saturated heterocycles. The van der Waals surface area contributed by atoms with E-state index in [4.69, 9.17) is 21.1 Å². The molecule has 1 aromatic heterocycles. The summed E-state index contributed by atoms with van der Waals surface area (Å²) >= 11 is 6.36. The highest BCUT2D eigenvalue weighted by molar-refractivity contribution is 6.34. The molecule has 0 amide bonds. The van der Waals surface area contributed by atoms with Gasteiger partial charge in [0.15, 0.2) is 11.4 Å². The molecule has 0 bridgehead atoms. The zero-order valence-electron chi connectivity index (χ0n) is 11.4. The number of ether oxygens (including phenoxy) is 2. The second-order valence-electron chi connectivity index (χ2n) is 5.21. The molecule has 1 aliphatic carbocycles. The van der Waals surface area contributed by atoms with Crippen molar-refractivity contribution in [2.45, 2.75) is 25.6 Å². The molecule has 2 aliphatic rings. The van der Waals surface area contributed by atoms with Crippen molar-refractivity contribution in [3.8, 4) is 22.8 Å². The van der Waals surface area contributed by atoms with Crippen LogP contribution in [0.25, 0.3) is 11.3 Å². The van der Waals surface area contributed by atoms with Gasteiger partial charge in [-0.2, -0.15) is 0 Å². The minimum atomic E-state index is -1.11. The Balaban J connectivity index is 1.83. The average molecular weight is 319 g/mol. The van der Waals surface area contributed by atoms with Crippen molar-refractivity contribution in [3.05, 3.63) is 34.7 Å². The summed E-state index contributed by atoms with van der Waals surface area (Å²) in [6.45, 7) is 0.0669. The summed E-state index contributed by atoms with van der Waals surface area (Å²) in [6.07, 6.45) is 3.53. The molecule has 4 rings (SSSR count). The summed E-state index contributed by atoms with van der Waals surface area (Å²) in [5.41, 5.74) is 1.59. The molecular weight excluding hydrogens is 308 g/mol. The van der Waals surface area contributed by atoms with Crippen LogP contribution in [0.2, 0.25) is 5.02 Å². The van der Waals surface area contributed by atoms with Crippen LogP contribution in [-0.2, 0) is 6.61 Å². The minimum Gasteiger partial charge on any atom is -0.489 e. The third-order valence-electron chi connectivity index (χ3n) is 3.64. The molecular formula is C15H11ClN2O4. The van der Waals surface area contributed by atoms with Gasteiger partial charge in [0.2, 0.25) is 0 Å². The molecule has 2 aromatic rings. The van der Waals surface area contributed by atoms with Gasteiger partial charge in [0.1, 0.15) is 23.7 Å². The number of nitrogens with zero attached hydrogens (tertiary/aromatic N) is 2. The first-order valence-corrected chi connectivity index (χ1v) is 7.22.